The highest BCUT2D eigenvalue weighted by Gasteiger charge is 2.18. The molecule has 1 aromatic carbocycles. The molecule has 0 radical (unpaired) electrons. The summed E-state index contributed by atoms with van der Waals surface area (Å²) in [6, 6.07) is 3.91. The van der Waals surface area contributed by atoms with E-state index in [4.69, 9.17) is 5.73 Å². The SMILES string of the molecule is CN(Cc1cscn1)c1cc2c(cc1N)NC(=O)CC2. The summed E-state index contributed by atoms with van der Waals surface area (Å²) in [6.07, 6.45) is 1.30. The number of rotatable bonds is 3. The Hall–Kier alpha value is -2.08. The van der Waals surface area contributed by atoms with Gasteiger partial charge in [0, 0.05) is 24.5 Å². The van der Waals surface area contributed by atoms with Crippen LogP contribution >= 0.6 is 11.3 Å². The van der Waals surface area contributed by atoms with Gasteiger partial charge in [0.1, 0.15) is 0 Å². The van der Waals surface area contributed by atoms with Crippen molar-refractivity contribution in [3.05, 3.63) is 34.3 Å². The smallest absolute Gasteiger partial charge is 0.224 e. The first-order chi connectivity index (χ1) is 9.63. The van der Waals surface area contributed by atoms with Crippen molar-refractivity contribution in [3.8, 4) is 0 Å². The highest BCUT2D eigenvalue weighted by Crippen LogP contribution is 2.33. The lowest BCUT2D eigenvalue weighted by molar-refractivity contribution is -0.116. The fourth-order valence-electron chi connectivity index (χ4n) is 2.41. The van der Waals surface area contributed by atoms with Gasteiger partial charge in [0.05, 0.1) is 29.1 Å². The van der Waals surface area contributed by atoms with Crippen molar-refractivity contribution in [1.29, 1.82) is 0 Å². The Balaban J connectivity index is 1.88. The van der Waals surface area contributed by atoms with Crippen molar-refractivity contribution >= 4 is 34.3 Å². The number of carbonyl (C=O) groups excluding carboxylic acids is 1. The normalized spacial score (nSPS) is 13.8. The van der Waals surface area contributed by atoms with E-state index in [1.54, 1.807) is 11.3 Å². The van der Waals surface area contributed by atoms with E-state index in [1.807, 2.05) is 24.0 Å². The molecule has 0 bridgehead atoms. The Kier molecular flexibility index (Phi) is 3.31. The van der Waals surface area contributed by atoms with Gasteiger partial charge in [-0.1, -0.05) is 0 Å². The van der Waals surface area contributed by atoms with Crippen molar-refractivity contribution in [2.45, 2.75) is 19.4 Å². The molecule has 1 aromatic heterocycles. The molecule has 2 heterocycles. The van der Waals surface area contributed by atoms with Crippen LogP contribution in [-0.2, 0) is 17.8 Å². The average molecular weight is 288 g/mol. The van der Waals surface area contributed by atoms with Crippen LogP contribution in [0.2, 0.25) is 0 Å². The van der Waals surface area contributed by atoms with Crippen LogP contribution in [0.4, 0.5) is 17.1 Å². The van der Waals surface area contributed by atoms with E-state index in [-0.39, 0.29) is 5.91 Å². The molecule has 3 rings (SSSR count). The van der Waals surface area contributed by atoms with Gasteiger partial charge in [-0.05, 0) is 24.1 Å². The minimum Gasteiger partial charge on any atom is -0.397 e. The van der Waals surface area contributed by atoms with Crippen molar-refractivity contribution in [2.24, 2.45) is 0 Å². The number of hydrogen-bond donors (Lipinski definition) is 2. The molecule has 0 aliphatic carbocycles. The second-order valence-electron chi connectivity index (χ2n) is 4.95. The quantitative estimate of drug-likeness (QED) is 0.850. The Morgan fingerprint density at radius 3 is 3.05 bits per heavy atom. The molecule has 1 aliphatic rings. The topological polar surface area (TPSA) is 71.2 Å². The van der Waals surface area contributed by atoms with Crippen molar-refractivity contribution < 1.29 is 4.79 Å². The molecule has 0 saturated carbocycles. The van der Waals surface area contributed by atoms with E-state index in [1.165, 1.54) is 0 Å². The number of nitrogens with one attached hydrogen (secondary N) is 1. The Morgan fingerprint density at radius 2 is 2.30 bits per heavy atom. The molecule has 3 N–H and O–H groups in total. The zero-order valence-electron chi connectivity index (χ0n) is 11.2. The Bertz CT molecular complexity index is 639. The molecule has 0 unspecified atom stereocenters. The van der Waals surface area contributed by atoms with Gasteiger partial charge in [0.15, 0.2) is 0 Å². The van der Waals surface area contributed by atoms with Crippen LogP contribution in [-0.4, -0.2) is 17.9 Å². The fraction of sp³-hybridized carbons (Fsp3) is 0.286. The number of hydrogen-bond acceptors (Lipinski definition) is 5. The zero-order valence-corrected chi connectivity index (χ0v) is 12.0. The summed E-state index contributed by atoms with van der Waals surface area (Å²) < 4.78 is 0. The molecule has 20 heavy (non-hydrogen) atoms. The number of aromatic nitrogens is 1. The van der Waals surface area contributed by atoms with E-state index in [9.17, 15) is 4.79 Å². The lowest BCUT2D eigenvalue weighted by atomic mass is 10.0. The first-order valence-electron chi connectivity index (χ1n) is 6.44. The minimum atomic E-state index is 0.0560. The van der Waals surface area contributed by atoms with Crippen molar-refractivity contribution in [1.82, 2.24) is 4.98 Å². The summed E-state index contributed by atoms with van der Waals surface area (Å²) in [4.78, 5) is 17.8. The van der Waals surface area contributed by atoms with Crippen LogP contribution in [0.25, 0.3) is 0 Å². The van der Waals surface area contributed by atoms with Crippen LogP contribution in [0.15, 0.2) is 23.0 Å². The number of amides is 1. The fourth-order valence-corrected chi connectivity index (χ4v) is 2.96. The highest BCUT2D eigenvalue weighted by atomic mass is 32.1. The van der Waals surface area contributed by atoms with E-state index in [2.05, 4.69) is 21.3 Å². The maximum atomic E-state index is 11.4. The van der Waals surface area contributed by atoms with Gasteiger partial charge in [-0.3, -0.25) is 4.79 Å². The van der Waals surface area contributed by atoms with Crippen LogP contribution in [0.1, 0.15) is 17.7 Å². The molecular weight excluding hydrogens is 272 g/mol. The summed E-state index contributed by atoms with van der Waals surface area (Å²) in [7, 11) is 2.00. The first kappa shape index (κ1) is 12.9. The number of fused-ring (bicyclic) bond motifs is 1. The zero-order chi connectivity index (χ0) is 14.1. The standard InChI is InChI=1S/C14H16N4OS/c1-18(6-10-7-20-8-16-10)13-4-9-2-3-14(19)17-12(9)5-11(13)15/h4-5,7-8H,2-3,6,15H2,1H3,(H,17,19). The van der Waals surface area contributed by atoms with E-state index < -0.39 is 0 Å². The highest BCUT2D eigenvalue weighted by molar-refractivity contribution is 7.07. The number of thiazole rings is 1. The number of nitrogens with two attached hydrogens (primary N) is 1. The Labute approximate surface area is 121 Å². The number of aryl methyl sites for hydroxylation is 1. The number of nitrogens with zero attached hydrogens (tertiary/aromatic N) is 2. The lowest BCUT2D eigenvalue weighted by Crippen LogP contribution is -2.22. The molecule has 0 saturated heterocycles. The van der Waals surface area contributed by atoms with E-state index >= 15 is 0 Å². The molecule has 0 spiro atoms. The predicted octanol–water partition coefficient (Wildman–Crippen LogP) is 2.25. The van der Waals surface area contributed by atoms with Gasteiger partial charge < -0.3 is 16.0 Å². The summed E-state index contributed by atoms with van der Waals surface area (Å²) in [5.74, 6) is 0.0560. The van der Waals surface area contributed by atoms with Gasteiger partial charge >= 0.3 is 0 Å². The first-order valence-corrected chi connectivity index (χ1v) is 7.38. The van der Waals surface area contributed by atoms with Gasteiger partial charge in [0.25, 0.3) is 0 Å². The van der Waals surface area contributed by atoms with E-state index in [0.29, 0.717) is 12.1 Å². The molecule has 1 aliphatic heterocycles. The monoisotopic (exact) mass is 288 g/mol. The molecule has 1 amide bonds. The van der Waals surface area contributed by atoms with Crippen LogP contribution in [0, 0.1) is 0 Å². The lowest BCUT2D eigenvalue weighted by Gasteiger charge is -2.24. The number of nitrogen functional groups attached to an aromatic ring is 1. The van der Waals surface area contributed by atoms with Crippen LogP contribution in [0.3, 0.4) is 0 Å². The van der Waals surface area contributed by atoms with Crippen LogP contribution in [0.5, 0.6) is 0 Å². The molecule has 5 nitrogen and oxygen atoms in total. The van der Waals surface area contributed by atoms with Crippen molar-refractivity contribution in [3.63, 3.8) is 0 Å². The molecule has 2 aromatic rings. The Morgan fingerprint density at radius 1 is 1.45 bits per heavy atom. The third-order valence-corrected chi connectivity index (χ3v) is 4.08. The molecule has 6 heteroatoms. The molecule has 0 atom stereocenters. The number of benzene rings is 1. The average Bonchev–Trinajstić information content (AvgIpc) is 2.90. The number of anilines is 3. The summed E-state index contributed by atoms with van der Waals surface area (Å²) in [5, 5.41) is 4.90. The van der Waals surface area contributed by atoms with Crippen LogP contribution < -0.4 is 16.0 Å². The molecule has 104 valence electrons. The summed E-state index contributed by atoms with van der Waals surface area (Å²) in [6.45, 7) is 0.721. The van der Waals surface area contributed by atoms with E-state index in [0.717, 1.165) is 35.6 Å². The minimum absolute atomic E-state index is 0.0560. The predicted molar refractivity (Wildman–Crippen MR) is 82.0 cm³/mol. The van der Waals surface area contributed by atoms with Gasteiger partial charge in [-0.2, -0.15) is 0 Å². The second kappa shape index (κ2) is 5.13. The summed E-state index contributed by atoms with van der Waals surface area (Å²) in [5.41, 5.74) is 12.6. The molecular formula is C14H16N4OS. The van der Waals surface area contributed by atoms with Gasteiger partial charge in [0.2, 0.25) is 5.91 Å². The maximum absolute atomic E-state index is 11.4. The van der Waals surface area contributed by atoms with Gasteiger partial charge in [-0.25, -0.2) is 4.98 Å². The van der Waals surface area contributed by atoms with Gasteiger partial charge in [-0.15, -0.1) is 11.3 Å². The largest absolute Gasteiger partial charge is 0.397 e. The maximum Gasteiger partial charge on any atom is 0.224 e. The second-order valence-corrected chi connectivity index (χ2v) is 5.67. The molecule has 0 fully saturated rings. The summed E-state index contributed by atoms with van der Waals surface area (Å²) >= 11 is 1.59. The van der Waals surface area contributed by atoms with Crippen molar-refractivity contribution in [2.75, 3.05) is 23.0 Å². The number of carbonyl (C=O) groups is 1. The third kappa shape index (κ3) is 2.46. The third-order valence-electron chi connectivity index (χ3n) is 3.44.